The summed E-state index contributed by atoms with van der Waals surface area (Å²) in [7, 11) is 1.59. The maximum Gasteiger partial charge on any atom is 0.234 e. The van der Waals surface area contributed by atoms with Crippen LogP contribution in [0, 0.1) is 17.1 Å². The highest BCUT2D eigenvalue weighted by molar-refractivity contribution is 5.80. The standard InChI is InChI=1S/C14H16FN3O2/c1-20-12-5-13(14(17)19)18(8-12)7-9-2-3-11(15)4-10(9)6-16/h2-4,12-13H,5,7-8H2,1H3,(H2,17,19)/t12-,13-/m0/s1. The van der Waals surface area contributed by atoms with Crippen LogP contribution in [0.4, 0.5) is 4.39 Å². The number of nitriles is 1. The Bertz CT molecular complexity index is 556. The Hall–Kier alpha value is -1.97. The molecule has 2 rings (SSSR count). The second kappa shape index (κ2) is 5.99. The van der Waals surface area contributed by atoms with Gasteiger partial charge in [0.25, 0.3) is 0 Å². The zero-order chi connectivity index (χ0) is 14.7. The minimum absolute atomic E-state index is 0.0570. The van der Waals surface area contributed by atoms with Crippen molar-refractivity contribution in [2.45, 2.75) is 25.1 Å². The maximum absolute atomic E-state index is 13.1. The summed E-state index contributed by atoms with van der Waals surface area (Å²) in [5.41, 5.74) is 6.34. The molecule has 5 nitrogen and oxygen atoms in total. The third-order valence-corrected chi connectivity index (χ3v) is 3.59. The van der Waals surface area contributed by atoms with Gasteiger partial charge in [-0.25, -0.2) is 4.39 Å². The average molecular weight is 277 g/mol. The van der Waals surface area contributed by atoms with Crippen LogP contribution in [-0.2, 0) is 16.1 Å². The van der Waals surface area contributed by atoms with Crippen molar-refractivity contribution in [1.29, 1.82) is 5.26 Å². The van der Waals surface area contributed by atoms with Gasteiger partial charge in [0.2, 0.25) is 5.91 Å². The topological polar surface area (TPSA) is 79.3 Å². The van der Waals surface area contributed by atoms with E-state index in [9.17, 15) is 9.18 Å². The number of amides is 1. The van der Waals surface area contributed by atoms with Crippen molar-refractivity contribution in [3.05, 3.63) is 35.1 Å². The van der Waals surface area contributed by atoms with Crippen molar-refractivity contribution >= 4 is 5.91 Å². The molecule has 2 atom stereocenters. The van der Waals surface area contributed by atoms with E-state index in [1.54, 1.807) is 13.2 Å². The number of benzene rings is 1. The van der Waals surface area contributed by atoms with Crippen molar-refractivity contribution in [2.75, 3.05) is 13.7 Å². The van der Waals surface area contributed by atoms with Gasteiger partial charge < -0.3 is 10.5 Å². The SMILES string of the molecule is CO[C@H]1C[C@@H](C(N)=O)N(Cc2ccc(F)cc2C#N)C1. The lowest BCUT2D eigenvalue weighted by atomic mass is 10.1. The second-order valence-corrected chi connectivity index (χ2v) is 4.85. The lowest BCUT2D eigenvalue weighted by molar-refractivity contribution is -0.122. The Kier molecular flexibility index (Phi) is 4.32. The second-order valence-electron chi connectivity index (χ2n) is 4.85. The van der Waals surface area contributed by atoms with Gasteiger partial charge in [-0.1, -0.05) is 6.07 Å². The third kappa shape index (κ3) is 2.95. The minimum Gasteiger partial charge on any atom is -0.380 e. The molecule has 0 spiro atoms. The first-order valence-corrected chi connectivity index (χ1v) is 6.30. The number of carbonyl (C=O) groups excluding carboxylic acids is 1. The van der Waals surface area contributed by atoms with Crippen molar-refractivity contribution in [1.82, 2.24) is 4.90 Å². The normalized spacial score (nSPS) is 22.6. The summed E-state index contributed by atoms with van der Waals surface area (Å²) in [6, 6.07) is 5.61. The largest absolute Gasteiger partial charge is 0.380 e. The zero-order valence-electron chi connectivity index (χ0n) is 11.2. The highest BCUT2D eigenvalue weighted by atomic mass is 19.1. The number of rotatable bonds is 4. The summed E-state index contributed by atoms with van der Waals surface area (Å²) in [4.78, 5) is 13.3. The van der Waals surface area contributed by atoms with Gasteiger partial charge in [0.05, 0.1) is 23.8 Å². The molecule has 0 bridgehead atoms. The lowest BCUT2D eigenvalue weighted by Gasteiger charge is -2.22. The van der Waals surface area contributed by atoms with E-state index in [4.69, 9.17) is 15.7 Å². The predicted octanol–water partition coefficient (Wildman–Crippen LogP) is 0.772. The van der Waals surface area contributed by atoms with Crippen LogP contribution < -0.4 is 5.73 Å². The summed E-state index contributed by atoms with van der Waals surface area (Å²) >= 11 is 0. The van der Waals surface area contributed by atoms with E-state index >= 15 is 0 Å². The molecule has 0 unspecified atom stereocenters. The first-order chi connectivity index (χ1) is 9.55. The van der Waals surface area contributed by atoms with Crippen LogP contribution in [0.1, 0.15) is 17.5 Å². The van der Waals surface area contributed by atoms with Crippen LogP contribution in [0.25, 0.3) is 0 Å². The Morgan fingerprint density at radius 1 is 1.65 bits per heavy atom. The third-order valence-electron chi connectivity index (χ3n) is 3.59. The molecule has 1 amide bonds. The van der Waals surface area contributed by atoms with E-state index < -0.39 is 17.8 Å². The molecule has 2 N–H and O–H groups in total. The van der Waals surface area contributed by atoms with Crippen molar-refractivity contribution in [3.8, 4) is 6.07 Å². The van der Waals surface area contributed by atoms with Crippen molar-refractivity contribution in [3.63, 3.8) is 0 Å². The molecular formula is C14H16FN3O2. The van der Waals surface area contributed by atoms with Crippen LogP contribution in [0.5, 0.6) is 0 Å². The molecule has 1 aromatic carbocycles. The van der Waals surface area contributed by atoms with Crippen LogP contribution in [-0.4, -0.2) is 36.6 Å². The smallest absolute Gasteiger partial charge is 0.234 e. The Balaban J connectivity index is 2.20. The van der Waals surface area contributed by atoms with Crippen LogP contribution in [0.15, 0.2) is 18.2 Å². The average Bonchev–Trinajstić information content (AvgIpc) is 2.84. The zero-order valence-corrected chi connectivity index (χ0v) is 11.2. The van der Waals surface area contributed by atoms with Gasteiger partial charge in [-0.15, -0.1) is 0 Å². The predicted molar refractivity (Wildman–Crippen MR) is 69.9 cm³/mol. The first kappa shape index (κ1) is 14.4. The Labute approximate surface area is 116 Å². The number of primary amides is 1. The van der Waals surface area contributed by atoms with Crippen LogP contribution in [0.3, 0.4) is 0 Å². The molecular weight excluding hydrogens is 261 g/mol. The van der Waals surface area contributed by atoms with E-state index in [1.807, 2.05) is 11.0 Å². The van der Waals surface area contributed by atoms with Gasteiger partial charge in [-0.3, -0.25) is 9.69 Å². The molecule has 1 heterocycles. The number of carbonyl (C=O) groups is 1. The lowest BCUT2D eigenvalue weighted by Crippen LogP contribution is -2.39. The number of nitrogens with zero attached hydrogens (tertiary/aromatic N) is 2. The number of ether oxygens (including phenoxy) is 1. The van der Waals surface area contributed by atoms with Crippen molar-refractivity contribution < 1.29 is 13.9 Å². The number of hydrogen-bond donors (Lipinski definition) is 1. The molecule has 6 heteroatoms. The minimum atomic E-state index is -0.451. The molecule has 0 aliphatic carbocycles. The monoisotopic (exact) mass is 277 g/mol. The van der Waals surface area contributed by atoms with Crippen LogP contribution >= 0.6 is 0 Å². The number of halogens is 1. The molecule has 1 saturated heterocycles. The molecule has 0 aromatic heterocycles. The fourth-order valence-electron chi connectivity index (χ4n) is 2.51. The number of hydrogen-bond acceptors (Lipinski definition) is 4. The Morgan fingerprint density at radius 2 is 2.40 bits per heavy atom. The first-order valence-electron chi connectivity index (χ1n) is 6.30. The summed E-state index contributed by atoms with van der Waals surface area (Å²) < 4.78 is 18.4. The highest BCUT2D eigenvalue weighted by Crippen LogP contribution is 2.23. The molecule has 1 fully saturated rings. The summed E-state index contributed by atoms with van der Waals surface area (Å²) in [6.45, 7) is 0.934. The van der Waals surface area contributed by atoms with Crippen molar-refractivity contribution in [2.24, 2.45) is 5.73 Å². The Morgan fingerprint density at radius 3 is 3.00 bits per heavy atom. The molecule has 20 heavy (non-hydrogen) atoms. The van der Waals surface area contributed by atoms with Gasteiger partial charge in [0.15, 0.2) is 0 Å². The van der Waals surface area contributed by atoms with E-state index in [0.29, 0.717) is 25.1 Å². The van der Waals surface area contributed by atoms with Gasteiger partial charge in [-0.05, 0) is 24.1 Å². The quantitative estimate of drug-likeness (QED) is 0.881. The van der Waals surface area contributed by atoms with E-state index in [0.717, 1.165) is 0 Å². The molecule has 1 aliphatic rings. The summed E-state index contributed by atoms with van der Waals surface area (Å²) in [5, 5.41) is 9.04. The fourth-order valence-corrected chi connectivity index (χ4v) is 2.51. The summed E-state index contributed by atoms with van der Waals surface area (Å²) in [5.74, 6) is -0.863. The van der Waals surface area contributed by atoms with Gasteiger partial charge in [0, 0.05) is 20.2 Å². The van der Waals surface area contributed by atoms with Gasteiger partial charge >= 0.3 is 0 Å². The van der Waals surface area contributed by atoms with E-state index in [-0.39, 0.29) is 11.7 Å². The van der Waals surface area contributed by atoms with Crippen LogP contribution in [0.2, 0.25) is 0 Å². The summed E-state index contributed by atoms with van der Waals surface area (Å²) in [6.07, 6.45) is 0.480. The molecule has 1 aromatic rings. The molecule has 0 saturated carbocycles. The number of nitrogens with two attached hydrogens (primary N) is 1. The molecule has 1 aliphatic heterocycles. The fraction of sp³-hybridized carbons (Fsp3) is 0.429. The molecule has 0 radical (unpaired) electrons. The van der Waals surface area contributed by atoms with Gasteiger partial charge in [-0.2, -0.15) is 5.26 Å². The van der Waals surface area contributed by atoms with E-state index in [1.165, 1.54) is 12.1 Å². The number of methoxy groups -OCH3 is 1. The van der Waals surface area contributed by atoms with Gasteiger partial charge in [0.1, 0.15) is 5.82 Å². The highest BCUT2D eigenvalue weighted by Gasteiger charge is 2.35. The molecule has 106 valence electrons. The van der Waals surface area contributed by atoms with E-state index in [2.05, 4.69) is 0 Å². The maximum atomic E-state index is 13.1. The number of likely N-dealkylation sites (tertiary alicyclic amines) is 1.